The molecule has 1 saturated carbocycles. The van der Waals surface area contributed by atoms with E-state index in [1.165, 1.54) is 0 Å². The third-order valence-electron chi connectivity index (χ3n) is 4.11. The molecule has 0 spiro atoms. The Morgan fingerprint density at radius 1 is 1.05 bits per heavy atom. The first-order valence-electron chi connectivity index (χ1n) is 6.82. The molecule has 1 fully saturated rings. The zero-order valence-corrected chi connectivity index (χ0v) is 10.7. The number of carboxylic acid groups (broad SMARTS) is 1. The fourth-order valence-electron chi connectivity index (χ4n) is 2.95. The molecule has 98 valence electrons. The molecule has 1 heterocycles. The summed E-state index contributed by atoms with van der Waals surface area (Å²) >= 11 is 0. The van der Waals surface area contributed by atoms with Crippen molar-refractivity contribution in [1.29, 1.82) is 0 Å². The smallest absolute Gasteiger partial charge is 0.306 e. The van der Waals surface area contributed by atoms with E-state index in [0.29, 0.717) is 5.92 Å². The van der Waals surface area contributed by atoms with Crippen molar-refractivity contribution in [3.05, 3.63) is 42.1 Å². The van der Waals surface area contributed by atoms with Gasteiger partial charge in [-0.25, -0.2) is 0 Å². The van der Waals surface area contributed by atoms with Crippen LogP contribution in [-0.4, -0.2) is 16.1 Å². The fourth-order valence-corrected chi connectivity index (χ4v) is 2.95. The zero-order valence-electron chi connectivity index (χ0n) is 10.7. The van der Waals surface area contributed by atoms with E-state index in [9.17, 15) is 4.79 Å². The minimum atomic E-state index is -0.648. The van der Waals surface area contributed by atoms with Crippen molar-refractivity contribution < 1.29 is 9.90 Å². The Hall–Kier alpha value is -1.90. The van der Waals surface area contributed by atoms with Gasteiger partial charge in [-0.05, 0) is 37.8 Å². The quantitative estimate of drug-likeness (QED) is 0.892. The second kappa shape index (κ2) is 5.00. The molecule has 1 aromatic heterocycles. The first-order chi connectivity index (χ1) is 9.24. The summed E-state index contributed by atoms with van der Waals surface area (Å²) in [6.45, 7) is 0. The second-order valence-corrected chi connectivity index (χ2v) is 5.32. The van der Waals surface area contributed by atoms with Crippen LogP contribution in [-0.2, 0) is 4.79 Å². The van der Waals surface area contributed by atoms with Crippen LogP contribution < -0.4 is 0 Å². The van der Waals surface area contributed by atoms with Gasteiger partial charge in [0.2, 0.25) is 0 Å². The summed E-state index contributed by atoms with van der Waals surface area (Å²) in [5.41, 5.74) is 2.14. The minimum Gasteiger partial charge on any atom is -0.481 e. The van der Waals surface area contributed by atoms with Gasteiger partial charge in [0.25, 0.3) is 0 Å². The summed E-state index contributed by atoms with van der Waals surface area (Å²) < 4.78 is 0. The largest absolute Gasteiger partial charge is 0.481 e. The van der Waals surface area contributed by atoms with Gasteiger partial charge < -0.3 is 5.11 Å². The first-order valence-corrected chi connectivity index (χ1v) is 6.82. The highest BCUT2D eigenvalue weighted by Gasteiger charge is 2.27. The number of fused-ring (bicyclic) bond motifs is 1. The first kappa shape index (κ1) is 12.2. The highest BCUT2D eigenvalue weighted by Crippen LogP contribution is 2.35. The molecular formula is C16H17NO2. The highest BCUT2D eigenvalue weighted by atomic mass is 16.4. The molecule has 1 aliphatic carbocycles. The third kappa shape index (κ3) is 2.46. The van der Waals surface area contributed by atoms with Crippen molar-refractivity contribution in [3.8, 4) is 0 Å². The van der Waals surface area contributed by atoms with Gasteiger partial charge in [-0.15, -0.1) is 0 Å². The number of carboxylic acids is 1. The number of aromatic nitrogens is 1. The van der Waals surface area contributed by atoms with E-state index < -0.39 is 5.97 Å². The highest BCUT2D eigenvalue weighted by molar-refractivity contribution is 5.78. The predicted molar refractivity (Wildman–Crippen MR) is 74.1 cm³/mol. The minimum absolute atomic E-state index is 0.156. The Labute approximate surface area is 112 Å². The SMILES string of the molecule is O=C(O)C1CCC(c2ccc3ccccc3n2)CC1. The van der Waals surface area contributed by atoms with E-state index in [2.05, 4.69) is 18.2 Å². The number of pyridine rings is 1. The van der Waals surface area contributed by atoms with E-state index >= 15 is 0 Å². The predicted octanol–water partition coefficient (Wildman–Crippen LogP) is 3.59. The van der Waals surface area contributed by atoms with Crippen LogP contribution in [0.4, 0.5) is 0 Å². The Bertz CT molecular complexity index is 600. The number of para-hydroxylation sites is 1. The van der Waals surface area contributed by atoms with Crippen molar-refractivity contribution in [2.45, 2.75) is 31.6 Å². The van der Waals surface area contributed by atoms with E-state index in [1.54, 1.807) is 0 Å². The van der Waals surface area contributed by atoms with E-state index in [4.69, 9.17) is 10.1 Å². The number of rotatable bonds is 2. The number of hydrogen-bond acceptors (Lipinski definition) is 2. The van der Waals surface area contributed by atoms with Crippen LogP contribution in [0, 0.1) is 5.92 Å². The summed E-state index contributed by atoms with van der Waals surface area (Å²) in [5, 5.41) is 10.2. The molecule has 0 bridgehead atoms. The molecule has 2 aromatic rings. The van der Waals surface area contributed by atoms with Crippen LogP contribution in [0.5, 0.6) is 0 Å². The van der Waals surface area contributed by atoms with Gasteiger partial charge in [-0.2, -0.15) is 0 Å². The molecule has 1 aromatic carbocycles. The van der Waals surface area contributed by atoms with Crippen LogP contribution in [0.25, 0.3) is 10.9 Å². The van der Waals surface area contributed by atoms with E-state index in [1.807, 2.05) is 18.2 Å². The number of aliphatic carboxylic acids is 1. The summed E-state index contributed by atoms with van der Waals surface area (Å²) in [6.07, 6.45) is 3.41. The molecule has 0 aliphatic heterocycles. The van der Waals surface area contributed by atoms with Crippen molar-refractivity contribution >= 4 is 16.9 Å². The van der Waals surface area contributed by atoms with Crippen molar-refractivity contribution in [2.24, 2.45) is 5.92 Å². The second-order valence-electron chi connectivity index (χ2n) is 5.32. The van der Waals surface area contributed by atoms with Gasteiger partial charge in [-0.1, -0.05) is 24.3 Å². The van der Waals surface area contributed by atoms with E-state index in [0.717, 1.165) is 42.3 Å². The Balaban J connectivity index is 1.80. The molecule has 0 atom stereocenters. The maximum Gasteiger partial charge on any atom is 0.306 e. The maximum absolute atomic E-state index is 11.0. The molecule has 1 aliphatic rings. The van der Waals surface area contributed by atoms with Crippen LogP contribution in [0.1, 0.15) is 37.3 Å². The van der Waals surface area contributed by atoms with E-state index in [-0.39, 0.29) is 5.92 Å². The zero-order chi connectivity index (χ0) is 13.2. The lowest BCUT2D eigenvalue weighted by Gasteiger charge is -2.25. The molecule has 19 heavy (non-hydrogen) atoms. The van der Waals surface area contributed by atoms with Crippen molar-refractivity contribution in [1.82, 2.24) is 4.98 Å². The summed E-state index contributed by atoms with van der Waals surface area (Å²) in [5.74, 6) is -0.387. The average Bonchev–Trinajstić information content (AvgIpc) is 2.47. The lowest BCUT2D eigenvalue weighted by molar-refractivity contribution is -0.142. The molecule has 3 nitrogen and oxygen atoms in total. The standard InChI is InChI=1S/C16H17NO2/c18-16(19)13-7-5-12(6-8-13)15-10-9-11-3-1-2-4-14(11)17-15/h1-4,9-10,12-13H,5-8H2,(H,18,19). The summed E-state index contributed by atoms with van der Waals surface area (Å²) in [7, 11) is 0. The van der Waals surface area contributed by atoms with Gasteiger partial charge >= 0.3 is 5.97 Å². The molecule has 3 heteroatoms. The number of carbonyl (C=O) groups is 1. The maximum atomic E-state index is 11.0. The van der Waals surface area contributed by atoms with Gasteiger partial charge in [-0.3, -0.25) is 9.78 Å². The van der Waals surface area contributed by atoms with Gasteiger partial charge in [0, 0.05) is 17.0 Å². The molecule has 1 N–H and O–H groups in total. The Morgan fingerprint density at radius 3 is 2.53 bits per heavy atom. The third-order valence-corrected chi connectivity index (χ3v) is 4.11. The molecule has 0 saturated heterocycles. The monoisotopic (exact) mass is 255 g/mol. The number of nitrogens with zero attached hydrogens (tertiary/aromatic N) is 1. The lowest BCUT2D eigenvalue weighted by Crippen LogP contribution is -2.20. The molecular weight excluding hydrogens is 238 g/mol. The van der Waals surface area contributed by atoms with Crippen molar-refractivity contribution in [2.75, 3.05) is 0 Å². The van der Waals surface area contributed by atoms with Crippen LogP contribution in [0.15, 0.2) is 36.4 Å². The van der Waals surface area contributed by atoms with Gasteiger partial charge in [0.1, 0.15) is 0 Å². The van der Waals surface area contributed by atoms with Crippen LogP contribution in [0.2, 0.25) is 0 Å². The fraction of sp³-hybridized carbons (Fsp3) is 0.375. The number of benzene rings is 1. The molecule has 3 rings (SSSR count). The van der Waals surface area contributed by atoms with Crippen molar-refractivity contribution in [3.63, 3.8) is 0 Å². The lowest BCUT2D eigenvalue weighted by atomic mass is 9.80. The average molecular weight is 255 g/mol. The number of hydrogen-bond donors (Lipinski definition) is 1. The van der Waals surface area contributed by atoms with Crippen LogP contribution >= 0.6 is 0 Å². The Kier molecular flexibility index (Phi) is 3.20. The normalized spacial score (nSPS) is 23.4. The molecule has 0 amide bonds. The molecule has 0 unspecified atom stereocenters. The summed E-state index contributed by atoms with van der Waals surface area (Å²) in [6, 6.07) is 12.3. The van der Waals surface area contributed by atoms with Gasteiger partial charge in [0.05, 0.1) is 11.4 Å². The topological polar surface area (TPSA) is 50.2 Å². The van der Waals surface area contributed by atoms with Gasteiger partial charge in [0.15, 0.2) is 0 Å². The molecule has 0 radical (unpaired) electrons. The summed E-state index contributed by atoms with van der Waals surface area (Å²) in [4.78, 5) is 15.7. The Morgan fingerprint density at radius 2 is 1.79 bits per heavy atom. The van der Waals surface area contributed by atoms with Crippen LogP contribution in [0.3, 0.4) is 0 Å².